The van der Waals surface area contributed by atoms with E-state index >= 15 is 0 Å². The minimum absolute atomic E-state index is 0.188. The number of likely N-dealkylation sites (tertiary alicyclic amines) is 1. The van der Waals surface area contributed by atoms with Crippen LogP contribution in [0.5, 0.6) is 0 Å². The lowest BCUT2D eigenvalue weighted by molar-refractivity contribution is -0.110. The van der Waals surface area contributed by atoms with E-state index in [2.05, 4.69) is 32.4 Å². The molecule has 1 saturated heterocycles. The molecule has 2 aliphatic rings. The van der Waals surface area contributed by atoms with Gasteiger partial charge in [0.1, 0.15) is 11.6 Å². The zero-order chi connectivity index (χ0) is 22.9. The van der Waals surface area contributed by atoms with Crippen LogP contribution in [0.15, 0.2) is 48.7 Å². The highest BCUT2D eigenvalue weighted by Gasteiger charge is 2.30. The Morgan fingerprint density at radius 1 is 1.18 bits per heavy atom. The molecule has 0 atom stereocenters. The summed E-state index contributed by atoms with van der Waals surface area (Å²) in [7, 11) is 0. The lowest BCUT2D eigenvalue weighted by Gasteiger charge is -2.32. The number of nitrogens with zero attached hydrogens (tertiary/aromatic N) is 2. The number of rotatable bonds is 5. The quantitative estimate of drug-likeness (QED) is 0.499. The smallest absolute Gasteiger partial charge is 0.257 e. The number of fused-ring (bicyclic) bond motifs is 1. The SMILES string of the molecule is CCN1CCC(Nc2ccc3c(c2)/C(=C(\c2ccc(F)cc2)c2nc(C)c[nH]2)C(=O)N3)CC1. The summed E-state index contributed by atoms with van der Waals surface area (Å²) in [4.78, 5) is 23.4. The van der Waals surface area contributed by atoms with Crippen LogP contribution in [0, 0.1) is 12.7 Å². The third-order valence-electron chi connectivity index (χ3n) is 6.50. The highest BCUT2D eigenvalue weighted by Crippen LogP contribution is 2.40. The molecule has 0 unspecified atom stereocenters. The van der Waals surface area contributed by atoms with E-state index in [1.807, 2.05) is 25.1 Å². The van der Waals surface area contributed by atoms with E-state index in [4.69, 9.17) is 0 Å². The first-order chi connectivity index (χ1) is 16.0. The number of carbonyl (C=O) groups is 1. The molecule has 7 heteroatoms. The second-order valence-corrected chi connectivity index (χ2v) is 8.71. The fourth-order valence-electron chi connectivity index (χ4n) is 4.69. The zero-order valence-electron chi connectivity index (χ0n) is 18.9. The molecule has 3 heterocycles. The number of imidazole rings is 1. The van der Waals surface area contributed by atoms with Gasteiger partial charge in [-0.25, -0.2) is 9.37 Å². The van der Waals surface area contributed by atoms with Crippen LogP contribution >= 0.6 is 0 Å². The van der Waals surface area contributed by atoms with Gasteiger partial charge in [-0.2, -0.15) is 0 Å². The predicted octanol–water partition coefficient (Wildman–Crippen LogP) is 4.66. The van der Waals surface area contributed by atoms with Crippen LogP contribution in [0.1, 0.15) is 42.4 Å². The van der Waals surface area contributed by atoms with Crippen LogP contribution in [0.4, 0.5) is 15.8 Å². The third-order valence-corrected chi connectivity index (χ3v) is 6.50. The van der Waals surface area contributed by atoms with Gasteiger partial charge in [0.15, 0.2) is 0 Å². The summed E-state index contributed by atoms with van der Waals surface area (Å²) in [5.41, 5.74) is 5.33. The number of nitrogens with one attached hydrogen (secondary N) is 3. The van der Waals surface area contributed by atoms with Crippen molar-refractivity contribution in [1.82, 2.24) is 14.9 Å². The lowest BCUT2D eigenvalue weighted by atomic mass is 9.94. The molecule has 3 aromatic rings. The Bertz CT molecular complexity index is 1210. The number of piperidine rings is 1. The van der Waals surface area contributed by atoms with Crippen molar-refractivity contribution >= 4 is 28.4 Å². The van der Waals surface area contributed by atoms with Crippen molar-refractivity contribution in [3.63, 3.8) is 0 Å². The van der Waals surface area contributed by atoms with E-state index in [0.717, 1.165) is 60.7 Å². The molecule has 6 nitrogen and oxygen atoms in total. The summed E-state index contributed by atoms with van der Waals surface area (Å²) < 4.78 is 13.6. The van der Waals surface area contributed by atoms with Gasteiger partial charge < -0.3 is 20.5 Å². The Kier molecular flexibility index (Phi) is 5.72. The Balaban J connectivity index is 1.55. The van der Waals surface area contributed by atoms with E-state index in [9.17, 15) is 9.18 Å². The van der Waals surface area contributed by atoms with E-state index in [-0.39, 0.29) is 11.7 Å². The molecule has 0 bridgehead atoms. The summed E-state index contributed by atoms with van der Waals surface area (Å²) in [6, 6.07) is 12.6. The monoisotopic (exact) mass is 445 g/mol. The van der Waals surface area contributed by atoms with Crippen molar-refractivity contribution in [2.24, 2.45) is 0 Å². The van der Waals surface area contributed by atoms with E-state index in [0.29, 0.717) is 23.0 Å². The van der Waals surface area contributed by atoms with Crippen LogP contribution < -0.4 is 10.6 Å². The highest BCUT2D eigenvalue weighted by molar-refractivity contribution is 6.38. The number of aromatic nitrogens is 2. The Hall–Kier alpha value is -3.45. The van der Waals surface area contributed by atoms with Crippen molar-refractivity contribution in [1.29, 1.82) is 0 Å². The molecule has 0 saturated carbocycles. The van der Waals surface area contributed by atoms with Crippen molar-refractivity contribution in [3.05, 3.63) is 77.1 Å². The van der Waals surface area contributed by atoms with Crippen LogP contribution in [-0.4, -0.2) is 46.5 Å². The fourth-order valence-corrected chi connectivity index (χ4v) is 4.69. The van der Waals surface area contributed by atoms with Crippen molar-refractivity contribution in [3.8, 4) is 0 Å². The van der Waals surface area contributed by atoms with Gasteiger partial charge in [-0.15, -0.1) is 0 Å². The summed E-state index contributed by atoms with van der Waals surface area (Å²) >= 11 is 0. The number of anilines is 2. The number of aromatic amines is 1. The summed E-state index contributed by atoms with van der Waals surface area (Å²) in [6.07, 6.45) is 3.99. The highest BCUT2D eigenvalue weighted by atomic mass is 19.1. The largest absolute Gasteiger partial charge is 0.382 e. The second kappa shape index (κ2) is 8.83. The number of benzene rings is 2. The molecule has 1 amide bonds. The molecule has 2 aromatic carbocycles. The van der Waals surface area contributed by atoms with Gasteiger partial charge in [0.2, 0.25) is 0 Å². The van der Waals surface area contributed by atoms with Gasteiger partial charge in [0.05, 0.1) is 11.3 Å². The Morgan fingerprint density at radius 3 is 2.61 bits per heavy atom. The van der Waals surface area contributed by atoms with Gasteiger partial charge in [0.25, 0.3) is 5.91 Å². The molecule has 33 heavy (non-hydrogen) atoms. The molecule has 3 N–H and O–H groups in total. The van der Waals surface area contributed by atoms with Crippen LogP contribution in [0.25, 0.3) is 11.1 Å². The average Bonchev–Trinajstić information content (AvgIpc) is 3.39. The molecule has 170 valence electrons. The normalized spacial score (nSPS) is 18.2. The maximum Gasteiger partial charge on any atom is 0.257 e. The maximum absolute atomic E-state index is 13.6. The van der Waals surface area contributed by atoms with Gasteiger partial charge in [-0.3, -0.25) is 4.79 Å². The van der Waals surface area contributed by atoms with Gasteiger partial charge in [-0.1, -0.05) is 19.1 Å². The Morgan fingerprint density at radius 2 is 1.94 bits per heavy atom. The van der Waals surface area contributed by atoms with Crippen molar-refractivity contribution in [2.75, 3.05) is 30.3 Å². The van der Waals surface area contributed by atoms with E-state index in [1.165, 1.54) is 12.1 Å². The van der Waals surface area contributed by atoms with Crippen molar-refractivity contribution in [2.45, 2.75) is 32.7 Å². The molecule has 0 aliphatic carbocycles. The summed E-state index contributed by atoms with van der Waals surface area (Å²) in [5.74, 6) is 0.0739. The number of amides is 1. The molecule has 2 aliphatic heterocycles. The number of hydrogen-bond acceptors (Lipinski definition) is 4. The Labute approximate surface area is 192 Å². The number of carbonyl (C=O) groups excluding carboxylic acids is 1. The van der Waals surface area contributed by atoms with Crippen molar-refractivity contribution < 1.29 is 9.18 Å². The number of halogens is 1. The first kappa shape index (κ1) is 21.4. The van der Waals surface area contributed by atoms with Crippen LogP contribution in [0.2, 0.25) is 0 Å². The van der Waals surface area contributed by atoms with E-state index < -0.39 is 0 Å². The molecule has 0 spiro atoms. The first-order valence-electron chi connectivity index (χ1n) is 11.5. The van der Waals surface area contributed by atoms with E-state index in [1.54, 1.807) is 18.3 Å². The minimum atomic E-state index is -0.324. The summed E-state index contributed by atoms with van der Waals surface area (Å²) in [6.45, 7) is 7.37. The fraction of sp³-hybridized carbons (Fsp3) is 0.308. The molecular formula is C26H28FN5O. The summed E-state index contributed by atoms with van der Waals surface area (Å²) in [5, 5.41) is 6.64. The maximum atomic E-state index is 13.6. The lowest BCUT2D eigenvalue weighted by Crippen LogP contribution is -2.38. The number of hydrogen-bond donors (Lipinski definition) is 3. The zero-order valence-corrected chi connectivity index (χ0v) is 18.9. The van der Waals surface area contributed by atoms with Crippen LogP contribution in [-0.2, 0) is 4.79 Å². The standard InChI is InChI=1S/C26H28FN5O/c1-3-32-12-10-19(11-13-32)30-20-8-9-22-21(14-20)24(26(33)31-22)23(25-28-15-16(2)29-25)17-4-6-18(27)7-5-17/h4-9,14-15,19,30H,3,10-13H2,1-2H3,(H,28,29)(H,31,33)/b24-23-. The third kappa shape index (κ3) is 4.28. The topological polar surface area (TPSA) is 73.0 Å². The second-order valence-electron chi connectivity index (χ2n) is 8.71. The molecule has 1 fully saturated rings. The average molecular weight is 446 g/mol. The predicted molar refractivity (Wildman–Crippen MR) is 129 cm³/mol. The van der Waals surface area contributed by atoms with Crippen LogP contribution in [0.3, 0.4) is 0 Å². The molecule has 5 rings (SSSR count). The molecule has 0 radical (unpaired) electrons. The first-order valence-corrected chi connectivity index (χ1v) is 11.5. The van der Waals surface area contributed by atoms with Gasteiger partial charge >= 0.3 is 0 Å². The number of H-pyrrole nitrogens is 1. The molecular weight excluding hydrogens is 417 g/mol. The number of aryl methyl sites for hydroxylation is 1. The molecule has 1 aromatic heterocycles. The van der Waals surface area contributed by atoms with Gasteiger partial charge in [-0.05, 0) is 62.2 Å². The van der Waals surface area contributed by atoms with Gasteiger partial charge in [0, 0.05) is 47.8 Å². The minimum Gasteiger partial charge on any atom is -0.382 e.